The van der Waals surface area contributed by atoms with Gasteiger partial charge in [-0.05, 0) is 45.0 Å². The second-order valence-corrected chi connectivity index (χ2v) is 6.17. The van der Waals surface area contributed by atoms with Crippen molar-refractivity contribution in [1.29, 1.82) is 0 Å². The molecule has 1 saturated heterocycles. The molecule has 0 aliphatic carbocycles. The van der Waals surface area contributed by atoms with E-state index in [9.17, 15) is 4.79 Å². The summed E-state index contributed by atoms with van der Waals surface area (Å²) in [6.07, 6.45) is 0. The van der Waals surface area contributed by atoms with Gasteiger partial charge >= 0.3 is 0 Å². The van der Waals surface area contributed by atoms with Crippen molar-refractivity contribution in [3.63, 3.8) is 0 Å². The van der Waals surface area contributed by atoms with Gasteiger partial charge in [0.2, 0.25) is 0 Å². The maximum absolute atomic E-state index is 11.3. The number of nitrogens with zero attached hydrogens (tertiary/aromatic N) is 3. The van der Waals surface area contributed by atoms with E-state index in [4.69, 9.17) is 4.52 Å². The van der Waals surface area contributed by atoms with Crippen molar-refractivity contribution in [1.82, 2.24) is 10.1 Å². The molecule has 0 spiro atoms. The van der Waals surface area contributed by atoms with Crippen molar-refractivity contribution in [3.8, 4) is 0 Å². The van der Waals surface area contributed by atoms with E-state index in [0.29, 0.717) is 0 Å². The lowest BCUT2D eigenvalue weighted by molar-refractivity contribution is 0.101. The van der Waals surface area contributed by atoms with Crippen LogP contribution in [0.3, 0.4) is 0 Å². The molecule has 2 aromatic rings. The van der Waals surface area contributed by atoms with E-state index in [1.807, 2.05) is 38.1 Å². The van der Waals surface area contributed by atoms with Gasteiger partial charge in [-0.1, -0.05) is 5.16 Å². The summed E-state index contributed by atoms with van der Waals surface area (Å²) in [7, 11) is 0. The summed E-state index contributed by atoms with van der Waals surface area (Å²) in [6.45, 7) is 10.5. The van der Waals surface area contributed by atoms with Crippen LogP contribution in [0.25, 0.3) is 0 Å². The maximum Gasteiger partial charge on any atom is 0.159 e. The Labute approximate surface area is 136 Å². The average molecular weight is 313 g/mol. The van der Waals surface area contributed by atoms with Crippen molar-refractivity contribution in [2.75, 3.05) is 31.1 Å². The molecule has 5 heteroatoms. The van der Waals surface area contributed by atoms with Crippen LogP contribution >= 0.6 is 0 Å². The number of carbonyl (C=O) groups excluding carboxylic acids is 1. The van der Waals surface area contributed by atoms with Crippen LogP contribution in [0.5, 0.6) is 0 Å². The molecule has 0 unspecified atom stereocenters. The van der Waals surface area contributed by atoms with Gasteiger partial charge in [-0.3, -0.25) is 9.69 Å². The summed E-state index contributed by atoms with van der Waals surface area (Å²) in [5, 5.41) is 4.03. The molecule has 0 N–H and O–H groups in total. The number of hydrogen-bond acceptors (Lipinski definition) is 5. The van der Waals surface area contributed by atoms with Gasteiger partial charge in [0.05, 0.1) is 5.69 Å². The second kappa shape index (κ2) is 6.54. The highest BCUT2D eigenvalue weighted by Gasteiger charge is 2.20. The molecule has 3 rings (SSSR count). The molecule has 0 amide bonds. The lowest BCUT2D eigenvalue weighted by Crippen LogP contribution is -2.46. The van der Waals surface area contributed by atoms with Gasteiger partial charge in [-0.15, -0.1) is 0 Å². The topological polar surface area (TPSA) is 49.6 Å². The number of Topliss-reactive ketones (excluding diaryl/α,β-unsaturated/α-hetero) is 1. The Morgan fingerprint density at radius 2 is 1.78 bits per heavy atom. The lowest BCUT2D eigenvalue weighted by Gasteiger charge is -2.36. The van der Waals surface area contributed by atoms with Crippen LogP contribution in [0.2, 0.25) is 0 Å². The van der Waals surface area contributed by atoms with Crippen LogP contribution in [-0.4, -0.2) is 42.0 Å². The summed E-state index contributed by atoms with van der Waals surface area (Å²) in [6, 6.07) is 7.91. The van der Waals surface area contributed by atoms with Gasteiger partial charge in [0.25, 0.3) is 0 Å². The van der Waals surface area contributed by atoms with Gasteiger partial charge in [0, 0.05) is 49.5 Å². The summed E-state index contributed by atoms with van der Waals surface area (Å²) in [4.78, 5) is 16.2. The van der Waals surface area contributed by atoms with Gasteiger partial charge in [0.15, 0.2) is 5.78 Å². The van der Waals surface area contributed by atoms with E-state index >= 15 is 0 Å². The first-order valence-corrected chi connectivity index (χ1v) is 8.04. The molecule has 2 heterocycles. The molecule has 1 aliphatic rings. The van der Waals surface area contributed by atoms with Crippen molar-refractivity contribution < 1.29 is 9.32 Å². The van der Waals surface area contributed by atoms with Crippen LogP contribution < -0.4 is 4.90 Å². The highest BCUT2D eigenvalue weighted by Crippen LogP contribution is 2.20. The minimum Gasteiger partial charge on any atom is -0.369 e. The normalized spacial score (nSPS) is 15.9. The fraction of sp³-hybridized carbons (Fsp3) is 0.444. The van der Waals surface area contributed by atoms with E-state index < -0.39 is 0 Å². The third-order valence-electron chi connectivity index (χ3n) is 4.57. The van der Waals surface area contributed by atoms with Gasteiger partial charge in [0.1, 0.15) is 5.76 Å². The van der Waals surface area contributed by atoms with Gasteiger partial charge < -0.3 is 9.42 Å². The Kier molecular flexibility index (Phi) is 4.48. The SMILES string of the molecule is CC(=O)c1ccc(N2CCN(Cc3c(C)noc3C)CC2)cc1. The van der Waals surface area contributed by atoms with Crippen molar-refractivity contribution in [2.45, 2.75) is 27.3 Å². The number of ketones is 1. The Morgan fingerprint density at radius 1 is 1.13 bits per heavy atom. The molecule has 23 heavy (non-hydrogen) atoms. The Balaban J connectivity index is 1.59. The lowest BCUT2D eigenvalue weighted by atomic mass is 10.1. The number of piperazine rings is 1. The van der Waals surface area contributed by atoms with E-state index in [1.54, 1.807) is 6.92 Å². The van der Waals surface area contributed by atoms with E-state index in [1.165, 1.54) is 11.3 Å². The molecule has 0 radical (unpaired) electrons. The predicted molar refractivity (Wildman–Crippen MR) is 89.9 cm³/mol. The molecule has 0 saturated carbocycles. The average Bonchev–Trinajstić information content (AvgIpc) is 2.87. The van der Waals surface area contributed by atoms with Crippen LogP contribution in [-0.2, 0) is 6.54 Å². The van der Waals surface area contributed by atoms with E-state index in [0.717, 1.165) is 49.7 Å². The fourth-order valence-corrected chi connectivity index (χ4v) is 3.02. The van der Waals surface area contributed by atoms with Crippen LogP contribution in [0.1, 0.15) is 34.3 Å². The number of hydrogen-bond donors (Lipinski definition) is 0. The number of rotatable bonds is 4. The highest BCUT2D eigenvalue weighted by atomic mass is 16.5. The summed E-state index contributed by atoms with van der Waals surface area (Å²) in [5.74, 6) is 1.03. The quantitative estimate of drug-likeness (QED) is 0.812. The molecule has 1 aliphatic heterocycles. The minimum atomic E-state index is 0.112. The summed E-state index contributed by atoms with van der Waals surface area (Å²) < 4.78 is 5.24. The molecule has 0 bridgehead atoms. The molecular formula is C18H23N3O2. The number of benzene rings is 1. The first-order valence-electron chi connectivity index (χ1n) is 8.04. The summed E-state index contributed by atoms with van der Waals surface area (Å²) >= 11 is 0. The van der Waals surface area contributed by atoms with Gasteiger partial charge in [-0.2, -0.15) is 0 Å². The van der Waals surface area contributed by atoms with E-state index in [-0.39, 0.29) is 5.78 Å². The third kappa shape index (κ3) is 3.45. The Bertz CT molecular complexity index is 663. The molecule has 1 fully saturated rings. The third-order valence-corrected chi connectivity index (χ3v) is 4.57. The molecule has 1 aromatic carbocycles. The van der Waals surface area contributed by atoms with Crippen molar-refractivity contribution in [2.24, 2.45) is 0 Å². The summed E-state index contributed by atoms with van der Waals surface area (Å²) in [5.41, 5.74) is 4.16. The zero-order valence-corrected chi connectivity index (χ0v) is 14.0. The van der Waals surface area contributed by atoms with Crippen molar-refractivity contribution >= 4 is 11.5 Å². The fourth-order valence-electron chi connectivity index (χ4n) is 3.02. The first kappa shape index (κ1) is 15.7. The molecule has 122 valence electrons. The van der Waals surface area contributed by atoms with E-state index in [2.05, 4.69) is 15.0 Å². The second-order valence-electron chi connectivity index (χ2n) is 6.17. The first-order chi connectivity index (χ1) is 11.0. The number of aryl methyl sites for hydroxylation is 2. The standard InChI is InChI=1S/C18H23N3O2/c1-13-18(15(3)23-19-13)12-20-8-10-21(11-9-20)17-6-4-16(5-7-17)14(2)22/h4-7H,8-12H2,1-3H3. The smallest absolute Gasteiger partial charge is 0.159 e. The van der Waals surface area contributed by atoms with Crippen molar-refractivity contribution in [3.05, 3.63) is 46.8 Å². The number of anilines is 1. The minimum absolute atomic E-state index is 0.112. The molecular weight excluding hydrogens is 290 g/mol. The zero-order valence-electron chi connectivity index (χ0n) is 14.0. The zero-order chi connectivity index (χ0) is 16.4. The Hall–Kier alpha value is -2.14. The Morgan fingerprint density at radius 3 is 2.30 bits per heavy atom. The largest absolute Gasteiger partial charge is 0.369 e. The predicted octanol–water partition coefficient (Wildman–Crippen LogP) is 2.82. The highest BCUT2D eigenvalue weighted by molar-refractivity contribution is 5.94. The van der Waals surface area contributed by atoms with Gasteiger partial charge in [-0.25, -0.2) is 0 Å². The molecule has 1 aromatic heterocycles. The molecule has 5 nitrogen and oxygen atoms in total. The van der Waals surface area contributed by atoms with Crippen LogP contribution in [0.15, 0.2) is 28.8 Å². The number of carbonyl (C=O) groups is 1. The van der Waals surface area contributed by atoms with Crippen LogP contribution in [0.4, 0.5) is 5.69 Å². The number of aromatic nitrogens is 1. The monoisotopic (exact) mass is 313 g/mol. The molecule has 0 atom stereocenters. The van der Waals surface area contributed by atoms with Crippen LogP contribution in [0, 0.1) is 13.8 Å². The maximum atomic E-state index is 11.3.